The highest BCUT2D eigenvalue weighted by molar-refractivity contribution is 7.17. The Hall–Kier alpha value is -3.08. The van der Waals surface area contributed by atoms with Gasteiger partial charge in [0.1, 0.15) is 10.7 Å². The van der Waals surface area contributed by atoms with Gasteiger partial charge < -0.3 is 4.74 Å². The fraction of sp³-hybridized carbons (Fsp3) is 0.500. The van der Waals surface area contributed by atoms with E-state index in [0.29, 0.717) is 34.7 Å². The van der Waals surface area contributed by atoms with Crippen LogP contribution in [0.3, 0.4) is 0 Å². The van der Waals surface area contributed by atoms with E-state index in [1.54, 1.807) is 22.9 Å². The van der Waals surface area contributed by atoms with Crippen molar-refractivity contribution in [1.29, 1.82) is 0 Å². The Morgan fingerprint density at radius 1 is 1.19 bits per heavy atom. The van der Waals surface area contributed by atoms with Crippen LogP contribution in [0.1, 0.15) is 38.4 Å². The van der Waals surface area contributed by atoms with Gasteiger partial charge in [0.2, 0.25) is 17.6 Å². The topological polar surface area (TPSA) is 116 Å². The van der Waals surface area contributed by atoms with Gasteiger partial charge in [-0.15, -0.1) is 21.5 Å². The summed E-state index contributed by atoms with van der Waals surface area (Å²) in [6.45, 7) is 1.31. The molecule has 0 spiro atoms. The van der Waals surface area contributed by atoms with Gasteiger partial charge in [0, 0.05) is 7.05 Å². The van der Waals surface area contributed by atoms with Gasteiger partial charge in [-0.25, -0.2) is 4.79 Å². The molecule has 5 rings (SSSR count). The Kier molecular flexibility index (Phi) is 4.65. The van der Waals surface area contributed by atoms with E-state index in [1.807, 2.05) is 0 Å². The van der Waals surface area contributed by atoms with Gasteiger partial charge in [-0.1, -0.05) is 12.8 Å². The lowest BCUT2D eigenvalue weighted by Gasteiger charge is -2.21. The quantitative estimate of drug-likeness (QED) is 0.440. The summed E-state index contributed by atoms with van der Waals surface area (Å²) < 4.78 is 9.03. The van der Waals surface area contributed by atoms with Crippen molar-refractivity contribution < 1.29 is 19.1 Å². The molecule has 2 aliphatic rings. The van der Waals surface area contributed by atoms with E-state index in [-0.39, 0.29) is 35.8 Å². The Labute approximate surface area is 180 Å². The van der Waals surface area contributed by atoms with Gasteiger partial charge >= 0.3 is 5.97 Å². The molecule has 0 bridgehead atoms. The van der Waals surface area contributed by atoms with Crippen LogP contribution in [0.2, 0.25) is 0 Å². The van der Waals surface area contributed by atoms with Crippen LogP contribution in [-0.4, -0.2) is 47.9 Å². The lowest BCUT2D eigenvalue weighted by Crippen LogP contribution is -2.44. The van der Waals surface area contributed by atoms with Gasteiger partial charge in [-0.2, -0.15) is 0 Å². The minimum atomic E-state index is -1.00. The summed E-state index contributed by atoms with van der Waals surface area (Å²) in [5.41, 5.74) is 0.468. The molecule has 11 heteroatoms. The number of aryl methyl sites for hydroxylation is 1. The molecular weight excluding hydrogens is 422 g/mol. The monoisotopic (exact) mass is 443 g/mol. The number of hydrogen-bond donors (Lipinski definition) is 0. The number of ether oxygens (including phenoxy) is 1. The van der Waals surface area contributed by atoms with Crippen molar-refractivity contribution in [2.24, 2.45) is 18.9 Å². The second-order valence-electron chi connectivity index (χ2n) is 8.08. The van der Waals surface area contributed by atoms with E-state index in [9.17, 15) is 19.2 Å². The van der Waals surface area contributed by atoms with Crippen molar-refractivity contribution in [3.05, 3.63) is 27.6 Å². The minimum Gasteiger partial charge on any atom is -0.456 e. The average Bonchev–Trinajstić information content (AvgIpc) is 3.47. The van der Waals surface area contributed by atoms with Gasteiger partial charge in [0.15, 0.2) is 12.4 Å². The molecule has 162 valence electrons. The van der Waals surface area contributed by atoms with Gasteiger partial charge in [-0.05, 0) is 31.2 Å². The van der Waals surface area contributed by atoms with Crippen LogP contribution < -0.4 is 5.56 Å². The third-order valence-corrected chi connectivity index (χ3v) is 7.24. The molecule has 31 heavy (non-hydrogen) atoms. The first-order valence-electron chi connectivity index (χ1n) is 10.2. The van der Waals surface area contributed by atoms with Crippen molar-refractivity contribution in [2.75, 3.05) is 0 Å². The highest BCUT2D eigenvalue weighted by Gasteiger charge is 2.51. The molecule has 0 radical (unpaired) electrons. The lowest BCUT2D eigenvalue weighted by molar-refractivity contribution is -0.159. The van der Waals surface area contributed by atoms with E-state index < -0.39 is 12.0 Å². The molecule has 2 amide bonds. The van der Waals surface area contributed by atoms with Crippen LogP contribution in [0.4, 0.5) is 0 Å². The maximum absolute atomic E-state index is 12.7. The summed E-state index contributed by atoms with van der Waals surface area (Å²) in [6, 6.07) is 0.782. The van der Waals surface area contributed by atoms with E-state index in [1.165, 1.54) is 22.8 Å². The van der Waals surface area contributed by atoms with Gasteiger partial charge in [-0.3, -0.25) is 28.3 Å². The number of thiophene rings is 1. The molecule has 10 nitrogen and oxygen atoms in total. The number of amides is 2. The molecule has 3 aromatic rings. The van der Waals surface area contributed by atoms with Crippen molar-refractivity contribution in [1.82, 2.24) is 24.1 Å². The number of likely N-dealkylation sites (tertiary alicyclic amines) is 1. The SMILES string of the molecule is C[C@@H](C(=O)OCc1nnc2n(C)c(=O)c3sccc3n12)N1C(=O)C2CCCCC2C1=O. The van der Waals surface area contributed by atoms with Crippen molar-refractivity contribution in [2.45, 2.75) is 45.3 Å². The van der Waals surface area contributed by atoms with Gasteiger partial charge in [0.05, 0.1) is 17.4 Å². The molecule has 4 heterocycles. The summed E-state index contributed by atoms with van der Waals surface area (Å²) in [5, 5.41) is 9.93. The van der Waals surface area contributed by atoms with Crippen molar-refractivity contribution in [3.63, 3.8) is 0 Å². The Morgan fingerprint density at radius 2 is 1.87 bits per heavy atom. The third kappa shape index (κ3) is 2.90. The molecule has 0 N–H and O–H groups in total. The zero-order valence-corrected chi connectivity index (χ0v) is 17.9. The number of fused-ring (bicyclic) bond motifs is 4. The van der Waals surface area contributed by atoms with E-state index in [4.69, 9.17) is 4.74 Å². The highest BCUT2D eigenvalue weighted by atomic mass is 32.1. The smallest absolute Gasteiger partial charge is 0.329 e. The van der Waals surface area contributed by atoms with Crippen LogP contribution in [-0.2, 0) is 32.8 Å². The summed E-state index contributed by atoms with van der Waals surface area (Å²) in [5.74, 6) is -1.17. The number of carbonyl (C=O) groups excluding carboxylic acids is 3. The number of nitrogens with zero attached hydrogens (tertiary/aromatic N) is 5. The molecule has 1 aliphatic heterocycles. The zero-order valence-electron chi connectivity index (χ0n) is 17.1. The number of aromatic nitrogens is 4. The Morgan fingerprint density at radius 3 is 2.55 bits per heavy atom. The Balaban J connectivity index is 1.37. The summed E-state index contributed by atoms with van der Waals surface area (Å²) in [4.78, 5) is 51.7. The average molecular weight is 443 g/mol. The van der Waals surface area contributed by atoms with E-state index >= 15 is 0 Å². The van der Waals surface area contributed by atoms with E-state index in [2.05, 4.69) is 10.2 Å². The highest BCUT2D eigenvalue weighted by Crippen LogP contribution is 2.39. The normalized spacial score (nSPS) is 22.3. The van der Waals surface area contributed by atoms with Crippen LogP contribution in [0, 0.1) is 11.8 Å². The van der Waals surface area contributed by atoms with E-state index in [0.717, 1.165) is 17.7 Å². The lowest BCUT2D eigenvalue weighted by atomic mass is 9.81. The first-order chi connectivity index (χ1) is 14.9. The molecule has 1 saturated heterocycles. The molecule has 3 aromatic heterocycles. The van der Waals surface area contributed by atoms with Crippen LogP contribution in [0.15, 0.2) is 16.2 Å². The first kappa shape index (κ1) is 19.9. The number of imide groups is 1. The molecule has 2 unspecified atom stereocenters. The summed E-state index contributed by atoms with van der Waals surface area (Å²) in [7, 11) is 1.60. The number of rotatable bonds is 4. The van der Waals surface area contributed by atoms with Crippen LogP contribution in [0.25, 0.3) is 16.0 Å². The fourth-order valence-corrected chi connectivity index (χ4v) is 5.53. The van der Waals surface area contributed by atoms with Crippen molar-refractivity contribution >= 4 is 45.1 Å². The fourth-order valence-electron chi connectivity index (χ4n) is 4.68. The number of esters is 1. The number of carbonyl (C=O) groups is 3. The standard InChI is InChI=1S/C20H21N5O5S/c1-10(24-16(26)11-5-3-4-6-12(11)17(24)27)19(29)30-9-14-21-22-20-23(2)18(28)15-13(25(14)20)7-8-31-15/h7-8,10-12H,3-6,9H2,1-2H3/t10-,11?,12?/m0/s1. The molecular formula is C20H21N5O5S. The second-order valence-corrected chi connectivity index (χ2v) is 8.99. The summed E-state index contributed by atoms with van der Waals surface area (Å²) >= 11 is 1.31. The minimum absolute atomic E-state index is 0.172. The molecule has 3 atom stereocenters. The largest absolute Gasteiger partial charge is 0.456 e. The van der Waals surface area contributed by atoms with Crippen molar-refractivity contribution in [3.8, 4) is 0 Å². The number of hydrogen-bond acceptors (Lipinski definition) is 8. The maximum Gasteiger partial charge on any atom is 0.329 e. The molecule has 0 aromatic carbocycles. The Bertz CT molecular complexity index is 1270. The van der Waals surface area contributed by atoms with Crippen LogP contribution >= 0.6 is 11.3 Å². The summed E-state index contributed by atoms with van der Waals surface area (Å²) in [6.07, 6.45) is 3.22. The zero-order chi connectivity index (χ0) is 21.9. The molecule has 1 saturated carbocycles. The van der Waals surface area contributed by atoms with Gasteiger partial charge in [0.25, 0.3) is 5.56 Å². The third-order valence-electron chi connectivity index (χ3n) is 6.34. The molecule has 1 aliphatic carbocycles. The molecule has 2 fully saturated rings. The predicted molar refractivity (Wildman–Crippen MR) is 110 cm³/mol. The first-order valence-corrected chi connectivity index (χ1v) is 11.1. The predicted octanol–water partition coefficient (Wildman–Crippen LogP) is 1.25. The van der Waals surface area contributed by atoms with Crippen LogP contribution in [0.5, 0.6) is 0 Å². The second kappa shape index (κ2) is 7.26. The maximum atomic E-state index is 12.7.